The van der Waals surface area contributed by atoms with E-state index in [2.05, 4.69) is 10.0 Å². The minimum absolute atomic E-state index is 0.0908. The van der Waals surface area contributed by atoms with Crippen molar-refractivity contribution in [2.75, 3.05) is 12.3 Å². The average Bonchev–Trinajstić information content (AvgIpc) is 2.35. The summed E-state index contributed by atoms with van der Waals surface area (Å²) < 4.78 is 26.7. The number of rotatable bonds is 3. The van der Waals surface area contributed by atoms with Gasteiger partial charge in [0, 0.05) is 11.6 Å². The van der Waals surface area contributed by atoms with Crippen LogP contribution in [0.1, 0.15) is 12.8 Å². The number of nitrogens with one attached hydrogen (secondary N) is 2. The number of hydrogen-bond donors (Lipinski definition) is 3. The van der Waals surface area contributed by atoms with Gasteiger partial charge < -0.3 is 11.1 Å². The normalized spacial score (nSPS) is 20.1. The standard InChI is InChI=1S/C11H14ClN3O3S/c12-7-3-4-8(13)10(6-7)19(17,18)15-9-2-1-5-14-11(9)16/h3-4,6,9,15H,1-2,5,13H2,(H,14,16). The SMILES string of the molecule is Nc1ccc(Cl)cc1S(=O)(=O)NC1CCCNC1=O. The van der Waals surface area contributed by atoms with E-state index in [9.17, 15) is 13.2 Å². The lowest BCUT2D eigenvalue weighted by atomic mass is 10.1. The number of amides is 1. The molecular weight excluding hydrogens is 290 g/mol. The van der Waals surface area contributed by atoms with Crippen molar-refractivity contribution in [3.05, 3.63) is 23.2 Å². The highest BCUT2D eigenvalue weighted by molar-refractivity contribution is 7.89. The minimum atomic E-state index is -3.87. The van der Waals surface area contributed by atoms with E-state index in [0.717, 1.165) is 6.42 Å². The van der Waals surface area contributed by atoms with Crippen LogP contribution in [0.4, 0.5) is 5.69 Å². The molecule has 0 saturated carbocycles. The topological polar surface area (TPSA) is 101 Å². The molecule has 4 N–H and O–H groups in total. The van der Waals surface area contributed by atoms with Crippen molar-refractivity contribution in [1.82, 2.24) is 10.0 Å². The molecule has 1 aromatic carbocycles. The fourth-order valence-electron chi connectivity index (χ4n) is 1.88. The van der Waals surface area contributed by atoms with Crippen molar-refractivity contribution >= 4 is 33.2 Å². The molecule has 104 valence electrons. The van der Waals surface area contributed by atoms with Gasteiger partial charge in [0.1, 0.15) is 10.9 Å². The maximum absolute atomic E-state index is 12.2. The van der Waals surface area contributed by atoms with Crippen LogP contribution in [0.15, 0.2) is 23.1 Å². The number of nitrogen functional groups attached to an aromatic ring is 1. The number of carbonyl (C=O) groups excluding carboxylic acids is 1. The van der Waals surface area contributed by atoms with Crippen LogP contribution in [0.5, 0.6) is 0 Å². The van der Waals surface area contributed by atoms with Gasteiger partial charge in [0.05, 0.1) is 5.69 Å². The maximum Gasteiger partial charge on any atom is 0.243 e. The number of sulfonamides is 1. The molecule has 0 spiro atoms. The quantitative estimate of drug-likeness (QED) is 0.707. The molecule has 0 aromatic heterocycles. The molecule has 1 amide bonds. The van der Waals surface area contributed by atoms with Crippen molar-refractivity contribution in [2.45, 2.75) is 23.8 Å². The average molecular weight is 304 g/mol. The molecule has 19 heavy (non-hydrogen) atoms. The smallest absolute Gasteiger partial charge is 0.243 e. The second-order valence-electron chi connectivity index (χ2n) is 4.29. The van der Waals surface area contributed by atoms with Crippen LogP contribution in [0.2, 0.25) is 5.02 Å². The highest BCUT2D eigenvalue weighted by Crippen LogP contribution is 2.23. The van der Waals surface area contributed by atoms with Crippen LogP contribution in [-0.4, -0.2) is 26.9 Å². The third kappa shape index (κ3) is 3.17. The van der Waals surface area contributed by atoms with Gasteiger partial charge in [-0.05, 0) is 31.0 Å². The van der Waals surface area contributed by atoms with Gasteiger partial charge in [-0.2, -0.15) is 4.72 Å². The minimum Gasteiger partial charge on any atom is -0.398 e. The lowest BCUT2D eigenvalue weighted by molar-refractivity contribution is -0.124. The monoisotopic (exact) mass is 303 g/mol. The number of carbonyl (C=O) groups is 1. The van der Waals surface area contributed by atoms with E-state index in [1.54, 1.807) is 0 Å². The Labute approximate surface area is 116 Å². The van der Waals surface area contributed by atoms with E-state index in [-0.39, 0.29) is 21.5 Å². The first-order valence-electron chi connectivity index (χ1n) is 5.75. The second-order valence-corrected chi connectivity index (χ2v) is 6.41. The van der Waals surface area contributed by atoms with E-state index in [1.807, 2.05) is 0 Å². The summed E-state index contributed by atoms with van der Waals surface area (Å²) in [6.45, 7) is 0.566. The Morgan fingerprint density at radius 3 is 2.84 bits per heavy atom. The summed E-state index contributed by atoms with van der Waals surface area (Å²) in [5.41, 5.74) is 5.73. The number of hydrogen-bond acceptors (Lipinski definition) is 4. The van der Waals surface area contributed by atoms with Gasteiger partial charge in [0.2, 0.25) is 15.9 Å². The molecule has 0 aliphatic carbocycles. The second kappa shape index (κ2) is 5.36. The maximum atomic E-state index is 12.2. The fourth-order valence-corrected chi connectivity index (χ4v) is 3.50. The van der Waals surface area contributed by atoms with Crippen LogP contribution in [0, 0.1) is 0 Å². The number of halogens is 1. The fraction of sp³-hybridized carbons (Fsp3) is 0.364. The van der Waals surface area contributed by atoms with E-state index < -0.39 is 16.1 Å². The predicted octanol–water partition coefficient (Wildman–Crippen LogP) is 0.479. The molecular formula is C11H14ClN3O3S. The van der Waals surface area contributed by atoms with Crippen LogP contribution >= 0.6 is 11.6 Å². The Kier molecular flexibility index (Phi) is 3.98. The molecule has 1 aliphatic heterocycles. The first-order valence-corrected chi connectivity index (χ1v) is 7.61. The zero-order chi connectivity index (χ0) is 14.0. The van der Waals surface area contributed by atoms with Gasteiger partial charge >= 0.3 is 0 Å². The van der Waals surface area contributed by atoms with Crippen LogP contribution in [0.3, 0.4) is 0 Å². The molecule has 0 bridgehead atoms. The third-order valence-electron chi connectivity index (χ3n) is 2.85. The van der Waals surface area contributed by atoms with Crippen molar-refractivity contribution in [1.29, 1.82) is 0 Å². The summed E-state index contributed by atoms with van der Waals surface area (Å²) in [5.74, 6) is -0.324. The Bertz CT molecular complexity index is 603. The van der Waals surface area contributed by atoms with E-state index in [1.165, 1.54) is 18.2 Å². The van der Waals surface area contributed by atoms with Crippen LogP contribution in [0.25, 0.3) is 0 Å². The number of anilines is 1. The molecule has 6 nitrogen and oxygen atoms in total. The third-order valence-corrected chi connectivity index (χ3v) is 4.61. The molecule has 1 atom stereocenters. The van der Waals surface area contributed by atoms with Crippen molar-refractivity contribution in [2.24, 2.45) is 0 Å². The predicted molar refractivity (Wildman–Crippen MR) is 72.2 cm³/mol. The van der Waals surface area contributed by atoms with E-state index in [0.29, 0.717) is 13.0 Å². The summed E-state index contributed by atoms with van der Waals surface area (Å²) in [7, 11) is -3.87. The van der Waals surface area contributed by atoms with Gasteiger partial charge in [-0.25, -0.2) is 8.42 Å². The number of piperidine rings is 1. The number of benzene rings is 1. The zero-order valence-corrected chi connectivity index (χ0v) is 11.6. The lowest BCUT2D eigenvalue weighted by Crippen LogP contribution is -2.50. The number of nitrogens with two attached hydrogens (primary N) is 1. The van der Waals surface area contributed by atoms with Gasteiger partial charge in [0.15, 0.2) is 0 Å². The zero-order valence-electron chi connectivity index (χ0n) is 10.0. The summed E-state index contributed by atoms with van der Waals surface area (Å²) >= 11 is 5.77. The summed E-state index contributed by atoms with van der Waals surface area (Å²) in [6.07, 6.45) is 1.19. The Hall–Kier alpha value is -1.31. The molecule has 1 fully saturated rings. The molecule has 8 heteroatoms. The molecule has 1 aliphatic rings. The summed E-state index contributed by atoms with van der Waals surface area (Å²) in [5, 5.41) is 2.88. The Morgan fingerprint density at radius 2 is 2.16 bits per heavy atom. The van der Waals surface area contributed by atoms with Crippen LogP contribution < -0.4 is 15.8 Å². The molecule has 1 aromatic rings. The Morgan fingerprint density at radius 1 is 1.42 bits per heavy atom. The highest BCUT2D eigenvalue weighted by atomic mass is 35.5. The summed E-state index contributed by atoms with van der Waals surface area (Å²) in [4.78, 5) is 11.4. The van der Waals surface area contributed by atoms with Gasteiger partial charge in [-0.15, -0.1) is 0 Å². The molecule has 1 saturated heterocycles. The van der Waals surface area contributed by atoms with E-state index >= 15 is 0 Å². The molecule has 0 radical (unpaired) electrons. The van der Waals surface area contributed by atoms with Crippen molar-refractivity contribution < 1.29 is 13.2 Å². The van der Waals surface area contributed by atoms with Gasteiger partial charge in [0.25, 0.3) is 0 Å². The first-order chi connectivity index (χ1) is 8.90. The van der Waals surface area contributed by atoms with Gasteiger partial charge in [-0.1, -0.05) is 11.6 Å². The largest absolute Gasteiger partial charge is 0.398 e. The molecule has 2 rings (SSSR count). The highest BCUT2D eigenvalue weighted by Gasteiger charge is 2.28. The summed E-state index contributed by atoms with van der Waals surface area (Å²) in [6, 6.07) is 3.42. The lowest BCUT2D eigenvalue weighted by Gasteiger charge is -2.23. The van der Waals surface area contributed by atoms with Gasteiger partial charge in [-0.3, -0.25) is 4.79 Å². The first kappa shape index (κ1) is 14.1. The Balaban J connectivity index is 2.27. The van der Waals surface area contributed by atoms with Crippen molar-refractivity contribution in [3.63, 3.8) is 0 Å². The van der Waals surface area contributed by atoms with Crippen molar-refractivity contribution in [3.8, 4) is 0 Å². The molecule has 1 heterocycles. The molecule has 1 unspecified atom stereocenters. The van der Waals surface area contributed by atoms with E-state index in [4.69, 9.17) is 17.3 Å². The van der Waals surface area contributed by atoms with Crippen LogP contribution in [-0.2, 0) is 14.8 Å².